The second kappa shape index (κ2) is 10.3. The lowest BCUT2D eigenvalue weighted by Gasteiger charge is -2.36. The van der Waals surface area contributed by atoms with Crippen LogP contribution in [0, 0.1) is 5.92 Å². The molecule has 1 aromatic heterocycles. The molecule has 8 rings (SSSR count). The Labute approximate surface area is 251 Å². The summed E-state index contributed by atoms with van der Waals surface area (Å²) >= 11 is 3.63. The Balaban J connectivity index is 1.05. The highest BCUT2D eigenvalue weighted by atomic mass is 79.9. The number of ether oxygens (including phenoxy) is 1. The number of halogens is 1. The molecule has 216 valence electrons. The lowest BCUT2D eigenvalue weighted by atomic mass is 9.69. The monoisotopic (exact) mass is 616 g/mol. The largest absolute Gasteiger partial charge is 0.375 e. The first kappa shape index (κ1) is 26.6. The van der Waals surface area contributed by atoms with Gasteiger partial charge in [0, 0.05) is 11.0 Å². The highest BCUT2D eigenvalue weighted by Gasteiger charge is 2.47. The van der Waals surface area contributed by atoms with Crippen molar-refractivity contribution in [3.8, 4) is 5.69 Å². The van der Waals surface area contributed by atoms with Crippen LogP contribution < -0.4 is 10.9 Å². The molecule has 0 bridgehead atoms. The fraction of sp³-hybridized carbons (Fsp3) is 0.588. The third-order valence-electron chi connectivity index (χ3n) is 11.2. The summed E-state index contributed by atoms with van der Waals surface area (Å²) in [5, 5.41) is 4.18. The lowest BCUT2D eigenvalue weighted by Crippen LogP contribution is -2.42. The topological polar surface area (TPSA) is 59.4 Å². The van der Waals surface area contributed by atoms with Gasteiger partial charge in [0.05, 0.1) is 34.2 Å². The molecule has 41 heavy (non-hydrogen) atoms. The molecule has 1 saturated carbocycles. The molecule has 4 fully saturated rings. The average Bonchev–Trinajstić information content (AvgIpc) is 3.50. The van der Waals surface area contributed by atoms with Crippen molar-refractivity contribution in [1.82, 2.24) is 19.8 Å². The molecule has 2 spiro atoms. The molecule has 4 aliphatic heterocycles. The summed E-state index contributed by atoms with van der Waals surface area (Å²) in [4.78, 5) is 20.9. The van der Waals surface area contributed by atoms with E-state index in [1.807, 2.05) is 12.1 Å². The summed E-state index contributed by atoms with van der Waals surface area (Å²) in [6.07, 6.45) is 11.8. The maximum atomic E-state index is 13.3. The third-order valence-corrected chi connectivity index (χ3v) is 11.8. The third kappa shape index (κ3) is 4.37. The molecule has 2 aromatic carbocycles. The Morgan fingerprint density at radius 1 is 1.02 bits per heavy atom. The standard InChI is InChI=1S/C34H41BrN4O2/c35-27-5-4-6-29-30(27)31(40)37-32-34(11-2-1-3-12-34)26-19-25(7-8-28(26)39(29)32)24-9-17-38(18-10-24)21-23-20-33(41-22-23)13-15-36-16-14-33/h4-8,19,23-24,36H,1-3,9-18,20-22H2. The zero-order chi connectivity index (χ0) is 27.6. The molecule has 1 N–H and O–H groups in total. The van der Waals surface area contributed by atoms with Crippen molar-refractivity contribution in [3.05, 3.63) is 68.2 Å². The van der Waals surface area contributed by atoms with E-state index in [1.165, 1.54) is 87.8 Å². The Hall–Kier alpha value is -2.06. The van der Waals surface area contributed by atoms with E-state index in [0.717, 1.165) is 48.4 Å². The molecule has 1 unspecified atom stereocenters. The van der Waals surface area contributed by atoms with Crippen LogP contribution in [0.2, 0.25) is 0 Å². The number of rotatable bonds is 3. The number of aromatic nitrogens is 2. The van der Waals surface area contributed by atoms with Crippen LogP contribution in [0.4, 0.5) is 0 Å². The van der Waals surface area contributed by atoms with Gasteiger partial charge in [-0.2, -0.15) is 4.98 Å². The van der Waals surface area contributed by atoms with Gasteiger partial charge in [0.25, 0.3) is 5.56 Å². The van der Waals surface area contributed by atoms with Crippen molar-refractivity contribution in [2.24, 2.45) is 5.92 Å². The number of nitrogens with zero attached hydrogens (tertiary/aromatic N) is 3. The molecule has 5 aliphatic rings. The molecular weight excluding hydrogens is 576 g/mol. The first-order valence-electron chi connectivity index (χ1n) is 16.0. The summed E-state index contributed by atoms with van der Waals surface area (Å²) in [6.45, 7) is 6.68. The quantitative estimate of drug-likeness (QED) is 0.388. The van der Waals surface area contributed by atoms with E-state index >= 15 is 0 Å². The molecular formula is C34H41BrN4O2. The minimum atomic E-state index is -0.146. The van der Waals surface area contributed by atoms with Crippen molar-refractivity contribution < 1.29 is 4.74 Å². The van der Waals surface area contributed by atoms with Gasteiger partial charge in [-0.05, 0) is 128 Å². The Kier molecular flexibility index (Phi) is 6.66. The predicted molar refractivity (Wildman–Crippen MR) is 166 cm³/mol. The van der Waals surface area contributed by atoms with E-state index in [1.54, 1.807) is 0 Å². The Morgan fingerprint density at radius 3 is 2.63 bits per heavy atom. The van der Waals surface area contributed by atoms with E-state index in [2.05, 4.69) is 55.0 Å². The first-order chi connectivity index (χ1) is 20.1. The summed E-state index contributed by atoms with van der Waals surface area (Å²) in [5.74, 6) is 2.25. The molecule has 3 saturated heterocycles. The number of hydrogen-bond donors (Lipinski definition) is 1. The normalized spacial score (nSPS) is 25.6. The minimum Gasteiger partial charge on any atom is -0.375 e. The van der Waals surface area contributed by atoms with E-state index in [0.29, 0.717) is 17.2 Å². The van der Waals surface area contributed by atoms with Crippen molar-refractivity contribution in [1.29, 1.82) is 0 Å². The van der Waals surface area contributed by atoms with Crippen LogP contribution >= 0.6 is 15.9 Å². The van der Waals surface area contributed by atoms with Crippen molar-refractivity contribution in [3.63, 3.8) is 0 Å². The van der Waals surface area contributed by atoms with Gasteiger partial charge < -0.3 is 15.0 Å². The highest BCUT2D eigenvalue weighted by Crippen LogP contribution is 2.52. The number of piperidine rings is 2. The molecule has 7 heteroatoms. The van der Waals surface area contributed by atoms with Crippen LogP contribution in [0.15, 0.2) is 45.7 Å². The van der Waals surface area contributed by atoms with E-state index in [9.17, 15) is 4.79 Å². The molecule has 6 nitrogen and oxygen atoms in total. The van der Waals surface area contributed by atoms with Gasteiger partial charge in [-0.1, -0.05) is 37.5 Å². The van der Waals surface area contributed by atoms with Crippen LogP contribution in [0.1, 0.15) is 87.1 Å². The van der Waals surface area contributed by atoms with Gasteiger partial charge in [-0.25, -0.2) is 0 Å². The Bertz CT molecular complexity index is 1530. The van der Waals surface area contributed by atoms with Crippen LogP contribution in [0.5, 0.6) is 0 Å². The molecule has 3 aromatic rings. The fourth-order valence-corrected chi connectivity index (χ4v) is 9.57. The van der Waals surface area contributed by atoms with E-state index < -0.39 is 0 Å². The van der Waals surface area contributed by atoms with Gasteiger partial charge in [-0.3, -0.25) is 9.36 Å². The number of nitrogens with one attached hydrogen (secondary N) is 1. The van der Waals surface area contributed by atoms with Crippen molar-refractivity contribution in [2.45, 2.75) is 81.1 Å². The van der Waals surface area contributed by atoms with Gasteiger partial charge >= 0.3 is 0 Å². The van der Waals surface area contributed by atoms with Crippen LogP contribution in [-0.4, -0.2) is 59.4 Å². The zero-order valence-electron chi connectivity index (χ0n) is 24.0. The molecule has 1 aliphatic carbocycles. The summed E-state index contributed by atoms with van der Waals surface area (Å²) in [6, 6.07) is 13.3. The van der Waals surface area contributed by atoms with Crippen LogP contribution in [0.25, 0.3) is 16.6 Å². The summed E-state index contributed by atoms with van der Waals surface area (Å²) in [7, 11) is 0. The predicted octanol–water partition coefficient (Wildman–Crippen LogP) is 6.05. The number of hydrogen-bond acceptors (Lipinski definition) is 5. The molecule has 0 radical (unpaired) electrons. The SMILES string of the molecule is O=c1nc2n(c3cccc(Br)c13)-c1ccc(C3CCN(CC4COC5(CCNCC5)C4)CC3)cc1C21CCCCC1. The Morgan fingerprint density at radius 2 is 1.83 bits per heavy atom. The molecule has 0 amide bonds. The molecule has 1 atom stereocenters. The average molecular weight is 618 g/mol. The van der Waals surface area contributed by atoms with Gasteiger partial charge in [-0.15, -0.1) is 0 Å². The van der Waals surface area contributed by atoms with E-state index in [4.69, 9.17) is 9.72 Å². The maximum Gasteiger partial charge on any atom is 0.281 e. The van der Waals surface area contributed by atoms with E-state index in [-0.39, 0.29) is 16.6 Å². The second-order valence-corrected chi connectivity index (χ2v) is 14.4. The zero-order valence-corrected chi connectivity index (χ0v) is 25.6. The number of likely N-dealkylation sites (tertiary alicyclic amines) is 1. The highest BCUT2D eigenvalue weighted by molar-refractivity contribution is 9.10. The number of benzene rings is 2. The smallest absolute Gasteiger partial charge is 0.281 e. The van der Waals surface area contributed by atoms with Gasteiger partial charge in [0.1, 0.15) is 5.82 Å². The minimum absolute atomic E-state index is 0.109. The number of fused-ring (bicyclic) bond motifs is 7. The first-order valence-corrected chi connectivity index (χ1v) is 16.8. The maximum absolute atomic E-state index is 13.3. The van der Waals surface area contributed by atoms with Gasteiger partial charge in [0.15, 0.2) is 0 Å². The molecule has 5 heterocycles. The van der Waals surface area contributed by atoms with Crippen molar-refractivity contribution in [2.75, 3.05) is 39.3 Å². The summed E-state index contributed by atoms with van der Waals surface area (Å²) < 4.78 is 9.53. The van der Waals surface area contributed by atoms with Crippen LogP contribution in [0.3, 0.4) is 0 Å². The summed E-state index contributed by atoms with van der Waals surface area (Å²) in [5.41, 5.74) is 5.00. The fourth-order valence-electron chi connectivity index (χ4n) is 9.05. The van der Waals surface area contributed by atoms with Crippen molar-refractivity contribution >= 4 is 26.8 Å². The lowest BCUT2D eigenvalue weighted by molar-refractivity contribution is -0.0199. The van der Waals surface area contributed by atoms with Crippen LogP contribution in [-0.2, 0) is 10.2 Å². The van der Waals surface area contributed by atoms with Gasteiger partial charge in [0.2, 0.25) is 0 Å². The second-order valence-electron chi connectivity index (χ2n) is 13.5.